The van der Waals surface area contributed by atoms with Gasteiger partial charge in [-0.1, -0.05) is 36.3 Å². The van der Waals surface area contributed by atoms with Gasteiger partial charge in [-0.15, -0.1) is 0 Å². The van der Waals surface area contributed by atoms with Crippen LogP contribution in [0, 0.1) is 0 Å². The van der Waals surface area contributed by atoms with Crippen molar-refractivity contribution >= 4 is 22.9 Å². The first-order valence-corrected chi connectivity index (χ1v) is 11.4. The molecule has 1 unspecified atom stereocenters. The average molecular weight is 465 g/mol. The number of nitrogens with zero attached hydrogens (tertiary/aromatic N) is 3. The van der Waals surface area contributed by atoms with Crippen LogP contribution in [0.5, 0.6) is 11.5 Å². The van der Waals surface area contributed by atoms with Crippen molar-refractivity contribution in [3.05, 3.63) is 65.2 Å². The van der Waals surface area contributed by atoms with Crippen LogP contribution in [0.3, 0.4) is 0 Å². The number of methoxy groups -OCH3 is 2. The van der Waals surface area contributed by atoms with E-state index in [2.05, 4.69) is 48.6 Å². The van der Waals surface area contributed by atoms with Crippen molar-refractivity contribution in [2.45, 2.75) is 33.2 Å². The Morgan fingerprint density at radius 2 is 1.79 bits per heavy atom. The number of allylic oxidation sites excluding steroid dienone is 1. The second-order valence-electron chi connectivity index (χ2n) is 7.71. The highest BCUT2D eigenvalue weighted by atomic mass is 32.1. The van der Waals surface area contributed by atoms with Gasteiger partial charge >= 0.3 is 0 Å². The Kier molecular flexibility index (Phi) is 6.65. The maximum absolute atomic E-state index is 5.78. The Balaban J connectivity index is 1.78. The fraction of sp³-hybridized carbons (Fsp3) is 0.320. The average Bonchev–Trinajstić information content (AvgIpc) is 3.33. The molecule has 1 aliphatic heterocycles. The molecular formula is C25H28N4O3S. The summed E-state index contributed by atoms with van der Waals surface area (Å²) >= 11 is 5.65. The van der Waals surface area contributed by atoms with Crippen LogP contribution < -0.4 is 14.8 Å². The van der Waals surface area contributed by atoms with Gasteiger partial charge in [0.25, 0.3) is 5.89 Å². The van der Waals surface area contributed by atoms with E-state index in [4.69, 9.17) is 31.2 Å². The molecule has 0 amide bonds. The van der Waals surface area contributed by atoms with Crippen LogP contribution in [-0.2, 0) is 6.42 Å². The number of aromatic nitrogens is 2. The molecule has 33 heavy (non-hydrogen) atoms. The van der Waals surface area contributed by atoms with Crippen molar-refractivity contribution in [3.8, 4) is 22.9 Å². The molecule has 1 N–H and O–H groups in total. The smallest absolute Gasteiger partial charge is 0.258 e. The summed E-state index contributed by atoms with van der Waals surface area (Å²) in [5.41, 5.74) is 5.05. The molecule has 1 atom stereocenters. The molecule has 0 fully saturated rings. The minimum absolute atomic E-state index is 0.190. The van der Waals surface area contributed by atoms with Crippen LogP contribution in [-0.4, -0.2) is 40.9 Å². The standard InChI is InChI=1S/C25H28N4O3S/c1-6-16-8-10-17(11-9-16)22-21(15(3)29(7-2)25(33)26-22)24-27-23(28-32-24)18-12-13-19(30-4)20(14-18)31-5/h8-14,22H,6-7H2,1-5H3,(H,26,33). The number of aryl methyl sites for hydroxylation is 1. The minimum atomic E-state index is -0.190. The molecule has 0 bridgehead atoms. The maximum atomic E-state index is 5.78. The van der Waals surface area contributed by atoms with E-state index >= 15 is 0 Å². The molecule has 0 aliphatic carbocycles. The second kappa shape index (κ2) is 9.62. The van der Waals surface area contributed by atoms with E-state index in [1.54, 1.807) is 14.2 Å². The first-order chi connectivity index (χ1) is 16.0. The van der Waals surface area contributed by atoms with Gasteiger partial charge in [0.15, 0.2) is 16.6 Å². The van der Waals surface area contributed by atoms with Gasteiger partial charge in [0.2, 0.25) is 5.82 Å². The topological polar surface area (TPSA) is 72.7 Å². The van der Waals surface area contributed by atoms with Crippen molar-refractivity contribution in [1.82, 2.24) is 20.4 Å². The Bertz CT molecular complexity index is 1190. The zero-order valence-corrected chi connectivity index (χ0v) is 20.3. The summed E-state index contributed by atoms with van der Waals surface area (Å²) in [6.45, 7) is 6.99. The lowest BCUT2D eigenvalue weighted by atomic mass is 9.94. The summed E-state index contributed by atoms with van der Waals surface area (Å²) in [5.74, 6) is 2.17. The Labute approximate surface area is 199 Å². The molecule has 2 heterocycles. The molecular weight excluding hydrogens is 436 g/mol. The lowest BCUT2D eigenvalue weighted by Gasteiger charge is -2.36. The van der Waals surface area contributed by atoms with Gasteiger partial charge in [0.1, 0.15) is 0 Å². The Hall–Kier alpha value is -3.39. The van der Waals surface area contributed by atoms with E-state index in [9.17, 15) is 0 Å². The molecule has 8 heteroatoms. The van der Waals surface area contributed by atoms with Gasteiger partial charge < -0.3 is 24.2 Å². The SMILES string of the molecule is CCc1ccc(C2NC(=S)N(CC)C(C)=C2c2nc(-c3ccc(OC)c(OC)c3)no2)cc1. The summed E-state index contributed by atoms with van der Waals surface area (Å²) < 4.78 is 16.5. The third-order valence-electron chi connectivity index (χ3n) is 5.93. The number of thiocarbonyl (C=S) groups is 1. The molecule has 172 valence electrons. The van der Waals surface area contributed by atoms with Crippen LogP contribution in [0.15, 0.2) is 52.7 Å². The molecule has 0 saturated carbocycles. The number of hydrogen-bond acceptors (Lipinski definition) is 6. The van der Waals surface area contributed by atoms with Crippen molar-refractivity contribution in [3.63, 3.8) is 0 Å². The van der Waals surface area contributed by atoms with E-state index in [0.29, 0.717) is 28.3 Å². The summed E-state index contributed by atoms with van der Waals surface area (Å²) in [4.78, 5) is 6.79. The molecule has 0 radical (unpaired) electrons. The zero-order valence-electron chi connectivity index (χ0n) is 19.5. The highest BCUT2D eigenvalue weighted by Crippen LogP contribution is 2.38. The molecule has 4 rings (SSSR count). The number of hydrogen-bond donors (Lipinski definition) is 1. The fourth-order valence-corrected chi connectivity index (χ4v) is 4.44. The first kappa shape index (κ1) is 22.8. The predicted octanol–water partition coefficient (Wildman–Crippen LogP) is 5.00. The normalized spacial score (nSPS) is 16.1. The molecule has 2 aromatic carbocycles. The molecule has 1 aliphatic rings. The summed E-state index contributed by atoms with van der Waals surface area (Å²) in [7, 11) is 3.20. The minimum Gasteiger partial charge on any atom is -0.493 e. The summed E-state index contributed by atoms with van der Waals surface area (Å²) in [6, 6.07) is 13.9. The van der Waals surface area contributed by atoms with Crippen molar-refractivity contribution in [2.24, 2.45) is 0 Å². The van der Waals surface area contributed by atoms with Gasteiger partial charge in [-0.3, -0.25) is 0 Å². The van der Waals surface area contributed by atoms with Gasteiger partial charge in [0, 0.05) is 17.8 Å². The fourth-order valence-electron chi connectivity index (χ4n) is 4.06. The molecule has 0 spiro atoms. The molecule has 3 aromatic rings. The van der Waals surface area contributed by atoms with E-state index in [0.717, 1.165) is 35.4 Å². The van der Waals surface area contributed by atoms with Crippen LogP contribution in [0.1, 0.15) is 43.8 Å². The lowest BCUT2D eigenvalue weighted by molar-refractivity contribution is 0.355. The van der Waals surface area contributed by atoms with E-state index in [1.807, 2.05) is 30.0 Å². The van der Waals surface area contributed by atoms with Crippen LogP contribution in [0.25, 0.3) is 17.0 Å². The number of nitrogens with one attached hydrogen (secondary N) is 1. The highest BCUT2D eigenvalue weighted by molar-refractivity contribution is 7.80. The van der Waals surface area contributed by atoms with E-state index in [-0.39, 0.29) is 6.04 Å². The third kappa shape index (κ3) is 4.30. The van der Waals surface area contributed by atoms with E-state index < -0.39 is 0 Å². The van der Waals surface area contributed by atoms with Gasteiger partial charge in [-0.05, 0) is 61.8 Å². The number of ether oxygens (including phenoxy) is 2. The van der Waals surface area contributed by atoms with Crippen molar-refractivity contribution in [2.75, 3.05) is 20.8 Å². The van der Waals surface area contributed by atoms with Gasteiger partial charge in [-0.25, -0.2) is 0 Å². The molecule has 7 nitrogen and oxygen atoms in total. The van der Waals surface area contributed by atoms with Crippen LogP contribution in [0.2, 0.25) is 0 Å². The highest BCUT2D eigenvalue weighted by Gasteiger charge is 2.33. The first-order valence-electron chi connectivity index (χ1n) is 10.9. The van der Waals surface area contributed by atoms with Gasteiger partial charge in [-0.2, -0.15) is 4.98 Å². The number of benzene rings is 2. The van der Waals surface area contributed by atoms with Crippen LogP contribution >= 0.6 is 12.2 Å². The molecule has 0 saturated heterocycles. The summed E-state index contributed by atoms with van der Waals surface area (Å²) in [5, 5.41) is 8.41. The quantitative estimate of drug-likeness (QED) is 0.490. The van der Waals surface area contributed by atoms with Crippen molar-refractivity contribution in [1.29, 1.82) is 0 Å². The Morgan fingerprint density at radius 1 is 1.06 bits per heavy atom. The monoisotopic (exact) mass is 464 g/mol. The Morgan fingerprint density at radius 3 is 2.42 bits per heavy atom. The molecule has 1 aromatic heterocycles. The summed E-state index contributed by atoms with van der Waals surface area (Å²) in [6.07, 6.45) is 0.987. The van der Waals surface area contributed by atoms with Crippen molar-refractivity contribution < 1.29 is 14.0 Å². The zero-order chi connectivity index (χ0) is 23.5. The van der Waals surface area contributed by atoms with Crippen LogP contribution in [0.4, 0.5) is 0 Å². The van der Waals surface area contributed by atoms with Gasteiger partial charge in [0.05, 0.1) is 25.8 Å². The lowest BCUT2D eigenvalue weighted by Crippen LogP contribution is -2.45. The largest absolute Gasteiger partial charge is 0.493 e. The van der Waals surface area contributed by atoms with E-state index in [1.165, 1.54) is 5.56 Å². The predicted molar refractivity (Wildman–Crippen MR) is 132 cm³/mol. The maximum Gasteiger partial charge on any atom is 0.258 e. The number of rotatable bonds is 7. The third-order valence-corrected chi connectivity index (χ3v) is 6.27. The second-order valence-corrected chi connectivity index (χ2v) is 8.10.